The summed E-state index contributed by atoms with van der Waals surface area (Å²) in [5, 5.41) is 2.28. The lowest BCUT2D eigenvalue weighted by Gasteiger charge is -2.28. The molecule has 7 heteroatoms. The SMILES string of the molecule is C[C@H]1CN2C(=N[C@H](c3ccccn3)[C@@H]2c2cccn2-c2ccc(Cl)cn2)S1. The molecule has 5 nitrogen and oxygen atoms in total. The summed E-state index contributed by atoms with van der Waals surface area (Å²) in [6.45, 7) is 3.23. The molecule has 3 aromatic heterocycles. The normalized spacial score (nSPS) is 24.1. The second kappa shape index (κ2) is 6.69. The molecule has 2 aliphatic rings. The molecule has 5 rings (SSSR count). The van der Waals surface area contributed by atoms with Crippen LogP contribution in [0.1, 0.15) is 30.4 Å². The Bertz CT molecular complexity index is 985. The third-order valence-corrected chi connectivity index (χ3v) is 6.25. The van der Waals surface area contributed by atoms with E-state index < -0.39 is 0 Å². The van der Waals surface area contributed by atoms with E-state index in [1.807, 2.05) is 48.4 Å². The zero-order valence-electron chi connectivity index (χ0n) is 14.7. The Balaban J connectivity index is 1.60. The topological polar surface area (TPSA) is 46.3 Å². The van der Waals surface area contributed by atoms with Crippen LogP contribution in [0.5, 0.6) is 0 Å². The van der Waals surface area contributed by atoms with Crippen molar-refractivity contribution in [3.63, 3.8) is 0 Å². The number of amidine groups is 1. The largest absolute Gasteiger partial charge is 0.339 e. The number of aromatic nitrogens is 3. The van der Waals surface area contributed by atoms with Crippen LogP contribution in [0.4, 0.5) is 0 Å². The molecule has 0 unspecified atom stereocenters. The molecule has 0 radical (unpaired) electrons. The van der Waals surface area contributed by atoms with Crippen LogP contribution < -0.4 is 0 Å². The Hall–Kier alpha value is -2.31. The first kappa shape index (κ1) is 16.8. The molecule has 3 aromatic rings. The molecule has 136 valence electrons. The lowest BCUT2D eigenvalue weighted by Crippen LogP contribution is -2.30. The molecule has 0 bridgehead atoms. The number of hydrogen-bond acceptors (Lipinski definition) is 5. The van der Waals surface area contributed by atoms with Crippen molar-refractivity contribution in [2.24, 2.45) is 4.99 Å². The monoisotopic (exact) mass is 395 g/mol. The molecular formula is C20H18ClN5S. The van der Waals surface area contributed by atoms with Crippen molar-refractivity contribution in [3.8, 4) is 5.82 Å². The number of nitrogens with zero attached hydrogens (tertiary/aromatic N) is 5. The van der Waals surface area contributed by atoms with Gasteiger partial charge in [0.1, 0.15) is 11.9 Å². The average molecular weight is 396 g/mol. The van der Waals surface area contributed by atoms with Crippen LogP contribution in [0.2, 0.25) is 5.02 Å². The maximum atomic E-state index is 6.02. The van der Waals surface area contributed by atoms with Crippen LogP contribution in [-0.2, 0) is 0 Å². The van der Waals surface area contributed by atoms with E-state index in [0.717, 1.165) is 28.9 Å². The molecule has 0 aliphatic carbocycles. The summed E-state index contributed by atoms with van der Waals surface area (Å²) < 4.78 is 2.13. The molecule has 0 N–H and O–H groups in total. The summed E-state index contributed by atoms with van der Waals surface area (Å²) in [6, 6.07) is 14.1. The van der Waals surface area contributed by atoms with Crippen LogP contribution in [0.3, 0.4) is 0 Å². The molecule has 1 fully saturated rings. The van der Waals surface area contributed by atoms with E-state index in [1.165, 1.54) is 0 Å². The van der Waals surface area contributed by atoms with Gasteiger partial charge in [-0.25, -0.2) is 4.98 Å². The van der Waals surface area contributed by atoms with Crippen molar-refractivity contribution in [1.29, 1.82) is 0 Å². The van der Waals surface area contributed by atoms with E-state index >= 15 is 0 Å². The molecule has 1 saturated heterocycles. The average Bonchev–Trinajstić information content (AvgIpc) is 3.37. The van der Waals surface area contributed by atoms with E-state index in [0.29, 0.717) is 10.3 Å². The quantitative estimate of drug-likeness (QED) is 0.654. The smallest absolute Gasteiger partial charge is 0.160 e. The Morgan fingerprint density at radius 3 is 2.81 bits per heavy atom. The van der Waals surface area contributed by atoms with Gasteiger partial charge in [0.2, 0.25) is 0 Å². The summed E-state index contributed by atoms with van der Waals surface area (Å²) in [7, 11) is 0. The van der Waals surface area contributed by atoms with E-state index in [9.17, 15) is 0 Å². The summed E-state index contributed by atoms with van der Waals surface area (Å²) >= 11 is 7.87. The number of halogens is 1. The Labute approximate surface area is 167 Å². The van der Waals surface area contributed by atoms with Gasteiger partial charge in [-0.15, -0.1) is 0 Å². The molecule has 0 spiro atoms. The highest BCUT2D eigenvalue weighted by Gasteiger charge is 2.44. The third-order valence-electron chi connectivity index (χ3n) is 4.92. The van der Waals surface area contributed by atoms with Crippen molar-refractivity contribution in [3.05, 3.63) is 77.5 Å². The van der Waals surface area contributed by atoms with Crippen molar-refractivity contribution in [2.75, 3.05) is 6.54 Å². The van der Waals surface area contributed by atoms with Gasteiger partial charge in [0, 0.05) is 36.1 Å². The summed E-state index contributed by atoms with van der Waals surface area (Å²) in [5.41, 5.74) is 2.16. The van der Waals surface area contributed by atoms with Crippen molar-refractivity contribution in [2.45, 2.75) is 24.3 Å². The first-order valence-corrected chi connectivity index (χ1v) is 10.2. The maximum Gasteiger partial charge on any atom is 0.160 e. The van der Waals surface area contributed by atoms with E-state index in [4.69, 9.17) is 16.6 Å². The molecule has 0 amide bonds. The minimum atomic E-state index is -0.0258. The zero-order chi connectivity index (χ0) is 18.4. The highest BCUT2D eigenvalue weighted by molar-refractivity contribution is 8.14. The molecule has 0 saturated carbocycles. The minimum Gasteiger partial charge on any atom is -0.339 e. The number of fused-ring (bicyclic) bond motifs is 1. The number of aliphatic imine (C=N–C) groups is 1. The molecule has 27 heavy (non-hydrogen) atoms. The number of rotatable bonds is 3. The predicted molar refractivity (Wildman–Crippen MR) is 109 cm³/mol. The van der Waals surface area contributed by atoms with Crippen LogP contribution in [0.15, 0.2) is 66.0 Å². The van der Waals surface area contributed by atoms with Crippen LogP contribution in [-0.4, -0.2) is 36.4 Å². The fourth-order valence-corrected chi connectivity index (χ4v) is 5.00. The lowest BCUT2D eigenvalue weighted by molar-refractivity contribution is 0.312. The van der Waals surface area contributed by atoms with Crippen molar-refractivity contribution < 1.29 is 0 Å². The van der Waals surface area contributed by atoms with E-state index in [1.54, 1.807) is 6.20 Å². The fourth-order valence-electron chi connectivity index (χ4n) is 3.79. The third kappa shape index (κ3) is 2.93. The van der Waals surface area contributed by atoms with Gasteiger partial charge >= 0.3 is 0 Å². The van der Waals surface area contributed by atoms with Gasteiger partial charge in [0.25, 0.3) is 0 Å². The standard InChI is InChI=1S/C20H18ClN5S/c1-13-12-26-19(18(24-20(26)27-13)15-5-2-3-9-22-15)16-6-4-10-25(16)17-8-7-14(21)11-23-17/h2-11,13,18-19H,12H2,1H3/t13-,18+,19-/m0/s1. The second-order valence-electron chi connectivity index (χ2n) is 6.77. The van der Waals surface area contributed by atoms with Gasteiger partial charge in [-0.2, -0.15) is 0 Å². The molecule has 5 heterocycles. The zero-order valence-corrected chi connectivity index (χ0v) is 16.3. The highest BCUT2D eigenvalue weighted by Crippen LogP contribution is 2.47. The first-order chi connectivity index (χ1) is 13.2. The van der Waals surface area contributed by atoms with Gasteiger partial charge < -0.3 is 9.47 Å². The summed E-state index contributed by atoms with van der Waals surface area (Å²) in [4.78, 5) is 16.6. The minimum absolute atomic E-state index is 0.0258. The van der Waals surface area contributed by atoms with Crippen LogP contribution in [0, 0.1) is 0 Å². The summed E-state index contributed by atoms with van der Waals surface area (Å²) in [6.07, 6.45) is 5.57. The summed E-state index contributed by atoms with van der Waals surface area (Å²) in [5.74, 6) is 0.854. The number of pyridine rings is 2. The van der Waals surface area contributed by atoms with E-state index in [2.05, 4.69) is 44.6 Å². The number of thioether (sulfide) groups is 1. The second-order valence-corrected chi connectivity index (χ2v) is 8.62. The fraction of sp³-hybridized carbons (Fsp3) is 0.250. The van der Waals surface area contributed by atoms with Gasteiger partial charge in [-0.1, -0.05) is 36.4 Å². The molecular weight excluding hydrogens is 378 g/mol. The van der Waals surface area contributed by atoms with E-state index in [-0.39, 0.29) is 12.1 Å². The number of hydrogen-bond donors (Lipinski definition) is 0. The van der Waals surface area contributed by atoms with Crippen molar-refractivity contribution >= 4 is 28.5 Å². The van der Waals surface area contributed by atoms with Gasteiger partial charge in [-0.3, -0.25) is 9.98 Å². The molecule has 2 aliphatic heterocycles. The van der Waals surface area contributed by atoms with Crippen LogP contribution in [0.25, 0.3) is 5.82 Å². The Morgan fingerprint density at radius 2 is 2.04 bits per heavy atom. The predicted octanol–water partition coefficient (Wildman–Crippen LogP) is 4.51. The Morgan fingerprint density at radius 1 is 1.11 bits per heavy atom. The Kier molecular flexibility index (Phi) is 4.17. The van der Waals surface area contributed by atoms with Crippen molar-refractivity contribution in [1.82, 2.24) is 19.4 Å². The molecule has 3 atom stereocenters. The van der Waals surface area contributed by atoms with Gasteiger partial charge in [0.15, 0.2) is 5.17 Å². The van der Waals surface area contributed by atoms with Gasteiger partial charge in [0.05, 0.1) is 16.8 Å². The highest BCUT2D eigenvalue weighted by atomic mass is 35.5. The maximum absolute atomic E-state index is 6.02. The molecule has 0 aromatic carbocycles. The first-order valence-electron chi connectivity index (χ1n) is 8.92. The van der Waals surface area contributed by atoms with Gasteiger partial charge in [-0.05, 0) is 36.4 Å². The van der Waals surface area contributed by atoms with Crippen LogP contribution >= 0.6 is 23.4 Å². The lowest BCUT2D eigenvalue weighted by atomic mass is 10.0.